The molecular formula is C11H22N2O2. The zero-order chi connectivity index (χ0) is 11.3. The Kier molecular flexibility index (Phi) is 5.05. The molecule has 0 spiro atoms. The SMILES string of the molecule is CC(C)C(CCO)NC(=O)C1CCNC1. The molecular weight excluding hydrogens is 192 g/mol. The van der Waals surface area contributed by atoms with E-state index in [0.717, 1.165) is 19.5 Å². The van der Waals surface area contributed by atoms with Gasteiger partial charge in [-0.05, 0) is 25.3 Å². The van der Waals surface area contributed by atoms with Gasteiger partial charge in [0.2, 0.25) is 5.91 Å². The highest BCUT2D eigenvalue weighted by atomic mass is 16.3. The van der Waals surface area contributed by atoms with Crippen molar-refractivity contribution in [2.75, 3.05) is 19.7 Å². The van der Waals surface area contributed by atoms with Gasteiger partial charge >= 0.3 is 0 Å². The average Bonchev–Trinajstić information content (AvgIpc) is 2.69. The Bertz CT molecular complexity index is 201. The highest BCUT2D eigenvalue weighted by molar-refractivity contribution is 5.79. The number of carbonyl (C=O) groups is 1. The lowest BCUT2D eigenvalue weighted by Crippen LogP contribution is -2.42. The first-order chi connectivity index (χ1) is 7.15. The summed E-state index contributed by atoms with van der Waals surface area (Å²) in [6, 6.07) is 0.100. The Labute approximate surface area is 91.4 Å². The van der Waals surface area contributed by atoms with Crippen LogP contribution in [0.5, 0.6) is 0 Å². The average molecular weight is 214 g/mol. The number of hydrogen-bond donors (Lipinski definition) is 3. The molecule has 1 aliphatic heterocycles. The maximum absolute atomic E-state index is 11.8. The van der Waals surface area contributed by atoms with Crippen molar-refractivity contribution >= 4 is 5.91 Å². The third kappa shape index (κ3) is 3.80. The van der Waals surface area contributed by atoms with Crippen molar-refractivity contribution in [3.05, 3.63) is 0 Å². The van der Waals surface area contributed by atoms with Gasteiger partial charge in [0.25, 0.3) is 0 Å². The lowest BCUT2D eigenvalue weighted by atomic mass is 9.99. The third-order valence-corrected chi connectivity index (χ3v) is 3.00. The first kappa shape index (κ1) is 12.5. The van der Waals surface area contributed by atoms with E-state index in [0.29, 0.717) is 12.3 Å². The first-order valence-electron chi connectivity index (χ1n) is 5.77. The number of aliphatic hydroxyl groups is 1. The molecule has 88 valence electrons. The summed E-state index contributed by atoms with van der Waals surface area (Å²) < 4.78 is 0. The molecule has 0 aliphatic carbocycles. The van der Waals surface area contributed by atoms with Crippen molar-refractivity contribution in [2.45, 2.75) is 32.7 Å². The van der Waals surface area contributed by atoms with Crippen LogP contribution in [0.2, 0.25) is 0 Å². The van der Waals surface area contributed by atoms with Gasteiger partial charge in [-0.1, -0.05) is 13.8 Å². The van der Waals surface area contributed by atoms with Gasteiger partial charge in [-0.15, -0.1) is 0 Å². The summed E-state index contributed by atoms with van der Waals surface area (Å²) in [7, 11) is 0. The highest BCUT2D eigenvalue weighted by Crippen LogP contribution is 2.11. The molecule has 1 fully saturated rings. The summed E-state index contributed by atoms with van der Waals surface area (Å²) in [5.41, 5.74) is 0. The van der Waals surface area contributed by atoms with Crippen LogP contribution in [-0.4, -0.2) is 36.8 Å². The Morgan fingerprint density at radius 3 is 2.80 bits per heavy atom. The van der Waals surface area contributed by atoms with Crippen LogP contribution in [0.15, 0.2) is 0 Å². The monoisotopic (exact) mass is 214 g/mol. The van der Waals surface area contributed by atoms with Crippen LogP contribution in [0.1, 0.15) is 26.7 Å². The minimum absolute atomic E-state index is 0.100. The topological polar surface area (TPSA) is 61.4 Å². The minimum Gasteiger partial charge on any atom is -0.396 e. The fourth-order valence-corrected chi connectivity index (χ4v) is 1.89. The molecule has 4 nitrogen and oxygen atoms in total. The van der Waals surface area contributed by atoms with Gasteiger partial charge < -0.3 is 15.7 Å². The highest BCUT2D eigenvalue weighted by Gasteiger charge is 2.25. The van der Waals surface area contributed by atoms with E-state index in [2.05, 4.69) is 24.5 Å². The largest absolute Gasteiger partial charge is 0.396 e. The number of hydrogen-bond acceptors (Lipinski definition) is 3. The maximum atomic E-state index is 11.8. The van der Waals surface area contributed by atoms with Crippen molar-refractivity contribution in [1.82, 2.24) is 10.6 Å². The van der Waals surface area contributed by atoms with Crippen LogP contribution >= 0.6 is 0 Å². The molecule has 0 aromatic heterocycles. The molecule has 4 heteroatoms. The van der Waals surface area contributed by atoms with Crippen LogP contribution in [0.3, 0.4) is 0 Å². The van der Waals surface area contributed by atoms with E-state index >= 15 is 0 Å². The smallest absolute Gasteiger partial charge is 0.224 e. The van der Waals surface area contributed by atoms with E-state index in [4.69, 9.17) is 5.11 Å². The van der Waals surface area contributed by atoms with Crippen molar-refractivity contribution in [3.8, 4) is 0 Å². The number of aliphatic hydroxyl groups excluding tert-OH is 1. The molecule has 1 saturated heterocycles. The summed E-state index contributed by atoms with van der Waals surface area (Å²) in [5, 5.41) is 15.1. The molecule has 2 unspecified atom stereocenters. The van der Waals surface area contributed by atoms with E-state index in [9.17, 15) is 4.79 Å². The summed E-state index contributed by atoms with van der Waals surface area (Å²) in [5.74, 6) is 0.618. The Morgan fingerprint density at radius 2 is 2.33 bits per heavy atom. The van der Waals surface area contributed by atoms with Crippen LogP contribution in [-0.2, 0) is 4.79 Å². The molecule has 0 radical (unpaired) electrons. The summed E-state index contributed by atoms with van der Waals surface area (Å²) >= 11 is 0. The predicted molar refractivity (Wildman–Crippen MR) is 59.4 cm³/mol. The number of rotatable bonds is 5. The summed E-state index contributed by atoms with van der Waals surface area (Å²) in [6.07, 6.45) is 1.57. The van der Waals surface area contributed by atoms with E-state index < -0.39 is 0 Å². The van der Waals surface area contributed by atoms with Gasteiger partial charge in [0.15, 0.2) is 0 Å². The fourth-order valence-electron chi connectivity index (χ4n) is 1.89. The van der Waals surface area contributed by atoms with Crippen molar-refractivity contribution in [2.24, 2.45) is 11.8 Å². The lowest BCUT2D eigenvalue weighted by molar-refractivity contribution is -0.125. The van der Waals surface area contributed by atoms with Crippen LogP contribution in [0, 0.1) is 11.8 Å². The van der Waals surface area contributed by atoms with E-state index in [-0.39, 0.29) is 24.5 Å². The van der Waals surface area contributed by atoms with E-state index in [1.54, 1.807) is 0 Å². The van der Waals surface area contributed by atoms with Crippen molar-refractivity contribution < 1.29 is 9.90 Å². The Morgan fingerprint density at radius 1 is 1.60 bits per heavy atom. The fraction of sp³-hybridized carbons (Fsp3) is 0.909. The van der Waals surface area contributed by atoms with Crippen LogP contribution < -0.4 is 10.6 Å². The molecule has 0 bridgehead atoms. The van der Waals surface area contributed by atoms with Gasteiger partial charge in [-0.2, -0.15) is 0 Å². The molecule has 2 atom stereocenters. The van der Waals surface area contributed by atoms with Crippen LogP contribution in [0.25, 0.3) is 0 Å². The third-order valence-electron chi connectivity index (χ3n) is 3.00. The number of nitrogens with one attached hydrogen (secondary N) is 2. The van der Waals surface area contributed by atoms with Crippen LogP contribution in [0.4, 0.5) is 0 Å². The van der Waals surface area contributed by atoms with Gasteiger partial charge in [0.1, 0.15) is 0 Å². The normalized spacial score (nSPS) is 23.1. The number of amides is 1. The number of carbonyl (C=O) groups excluding carboxylic acids is 1. The molecule has 0 aromatic carbocycles. The zero-order valence-corrected chi connectivity index (χ0v) is 9.62. The second-order valence-electron chi connectivity index (χ2n) is 4.56. The van der Waals surface area contributed by atoms with E-state index in [1.807, 2.05) is 0 Å². The summed E-state index contributed by atoms with van der Waals surface area (Å²) in [6.45, 7) is 5.98. The molecule has 1 amide bonds. The Balaban J connectivity index is 2.38. The van der Waals surface area contributed by atoms with Crippen molar-refractivity contribution in [3.63, 3.8) is 0 Å². The predicted octanol–water partition coefficient (Wildman–Crippen LogP) is 0.119. The zero-order valence-electron chi connectivity index (χ0n) is 9.62. The minimum atomic E-state index is 0.100. The standard InChI is InChI=1S/C11H22N2O2/c1-8(2)10(4-6-14)13-11(15)9-3-5-12-7-9/h8-10,12,14H,3-7H2,1-2H3,(H,13,15). The molecule has 1 heterocycles. The first-order valence-corrected chi connectivity index (χ1v) is 5.77. The van der Waals surface area contributed by atoms with Crippen molar-refractivity contribution in [1.29, 1.82) is 0 Å². The molecule has 3 N–H and O–H groups in total. The molecule has 0 saturated carbocycles. The molecule has 15 heavy (non-hydrogen) atoms. The Hall–Kier alpha value is -0.610. The molecule has 0 aromatic rings. The summed E-state index contributed by atoms with van der Waals surface area (Å²) in [4.78, 5) is 11.8. The van der Waals surface area contributed by atoms with Gasteiger partial charge in [-0.25, -0.2) is 0 Å². The van der Waals surface area contributed by atoms with E-state index in [1.165, 1.54) is 0 Å². The molecule has 1 rings (SSSR count). The van der Waals surface area contributed by atoms with Gasteiger partial charge in [0.05, 0.1) is 5.92 Å². The lowest BCUT2D eigenvalue weighted by Gasteiger charge is -2.23. The molecule has 1 aliphatic rings. The second-order valence-corrected chi connectivity index (χ2v) is 4.56. The quantitative estimate of drug-likeness (QED) is 0.609. The maximum Gasteiger partial charge on any atom is 0.224 e. The van der Waals surface area contributed by atoms with Gasteiger partial charge in [0, 0.05) is 19.2 Å². The second kappa shape index (κ2) is 6.08. The van der Waals surface area contributed by atoms with Gasteiger partial charge in [-0.3, -0.25) is 4.79 Å².